The van der Waals surface area contributed by atoms with Crippen molar-refractivity contribution in [1.29, 1.82) is 0 Å². The Balaban J connectivity index is 0.00000128. The molecule has 1 aliphatic carbocycles. The van der Waals surface area contributed by atoms with E-state index in [4.69, 9.17) is 0 Å². The second-order valence-electron chi connectivity index (χ2n) is 5.05. The normalized spacial score (nSPS) is 24.9. The van der Waals surface area contributed by atoms with Crippen molar-refractivity contribution in [1.82, 2.24) is 0 Å². The van der Waals surface area contributed by atoms with E-state index in [0.717, 1.165) is 18.3 Å². The molecular formula is C16H26. The number of aryl methyl sites for hydroxylation is 1. The van der Waals surface area contributed by atoms with E-state index in [-0.39, 0.29) is 7.43 Å². The zero-order valence-corrected chi connectivity index (χ0v) is 10.00. The van der Waals surface area contributed by atoms with Gasteiger partial charge in [0.25, 0.3) is 0 Å². The van der Waals surface area contributed by atoms with Crippen molar-refractivity contribution < 1.29 is 0 Å². The molecule has 0 N–H and O–H groups in total. The summed E-state index contributed by atoms with van der Waals surface area (Å²) >= 11 is 0. The third-order valence-electron chi connectivity index (χ3n) is 3.88. The lowest BCUT2D eigenvalue weighted by atomic mass is 9.79. The Bertz CT molecular complexity index is 288. The van der Waals surface area contributed by atoms with E-state index in [1.54, 1.807) is 5.56 Å². The molecule has 0 heteroatoms. The zero-order valence-electron chi connectivity index (χ0n) is 10.00. The van der Waals surface area contributed by atoms with Gasteiger partial charge in [-0.05, 0) is 42.2 Å². The summed E-state index contributed by atoms with van der Waals surface area (Å²) in [6, 6.07) is 9.29. The van der Waals surface area contributed by atoms with Crippen molar-refractivity contribution >= 4 is 0 Å². The minimum atomic E-state index is 0. The van der Waals surface area contributed by atoms with E-state index in [9.17, 15) is 0 Å². The summed E-state index contributed by atoms with van der Waals surface area (Å²) in [5, 5.41) is 0. The van der Waals surface area contributed by atoms with Crippen LogP contribution < -0.4 is 0 Å². The number of rotatable bonds is 2. The lowest BCUT2D eigenvalue weighted by molar-refractivity contribution is 0.348. The van der Waals surface area contributed by atoms with Crippen LogP contribution >= 0.6 is 0 Å². The Morgan fingerprint density at radius 1 is 1.00 bits per heavy atom. The molecule has 0 nitrogen and oxygen atoms in total. The summed E-state index contributed by atoms with van der Waals surface area (Å²) in [6.07, 6.45) is 6.78. The van der Waals surface area contributed by atoms with Gasteiger partial charge in [-0.2, -0.15) is 0 Å². The molecule has 1 aromatic carbocycles. The van der Waals surface area contributed by atoms with E-state index >= 15 is 0 Å². The van der Waals surface area contributed by atoms with Crippen LogP contribution in [0.15, 0.2) is 24.3 Å². The molecule has 0 unspecified atom stereocenters. The maximum absolute atomic E-state index is 2.39. The van der Waals surface area contributed by atoms with Gasteiger partial charge in [0.05, 0.1) is 0 Å². The quantitative estimate of drug-likeness (QED) is 0.641. The Morgan fingerprint density at radius 2 is 1.56 bits per heavy atom. The van der Waals surface area contributed by atoms with Crippen LogP contribution in [0.2, 0.25) is 0 Å². The molecule has 0 saturated heterocycles. The van der Waals surface area contributed by atoms with Crippen molar-refractivity contribution in [3.63, 3.8) is 0 Å². The second-order valence-corrected chi connectivity index (χ2v) is 5.05. The predicted octanol–water partition coefficient (Wildman–Crippen LogP) is 5.18. The predicted molar refractivity (Wildman–Crippen MR) is 72.9 cm³/mol. The largest absolute Gasteiger partial charge is 0.0776 e. The number of benzene rings is 1. The second kappa shape index (κ2) is 6.08. The topological polar surface area (TPSA) is 0 Å². The maximum Gasteiger partial charge on any atom is -0.0162 e. The third-order valence-corrected chi connectivity index (χ3v) is 3.88. The Morgan fingerprint density at radius 3 is 2.06 bits per heavy atom. The molecule has 1 fully saturated rings. The van der Waals surface area contributed by atoms with Gasteiger partial charge >= 0.3 is 0 Å². The molecule has 0 aliphatic heterocycles. The van der Waals surface area contributed by atoms with E-state index in [1.807, 2.05) is 0 Å². The zero-order chi connectivity index (χ0) is 10.7. The van der Waals surface area contributed by atoms with Crippen LogP contribution in [0.4, 0.5) is 0 Å². The van der Waals surface area contributed by atoms with Crippen molar-refractivity contribution in [2.45, 2.75) is 59.3 Å². The highest BCUT2D eigenvalue weighted by Crippen LogP contribution is 2.35. The Labute approximate surface area is 101 Å². The van der Waals surface area contributed by atoms with Gasteiger partial charge in [-0.25, -0.2) is 0 Å². The molecule has 16 heavy (non-hydrogen) atoms. The standard InChI is InChI=1S/C15H22.CH4/c1-3-13-6-10-15(11-7-13)14-8-4-12(2)5-9-14;/h6-7,10-12,14H,3-5,8-9H2,1-2H3;1H4. The minimum absolute atomic E-state index is 0. The van der Waals surface area contributed by atoms with E-state index < -0.39 is 0 Å². The van der Waals surface area contributed by atoms with Crippen molar-refractivity contribution in [2.75, 3.05) is 0 Å². The monoisotopic (exact) mass is 218 g/mol. The molecule has 0 spiro atoms. The van der Waals surface area contributed by atoms with Crippen LogP contribution in [0.3, 0.4) is 0 Å². The lowest BCUT2D eigenvalue weighted by Crippen LogP contribution is -2.10. The van der Waals surface area contributed by atoms with Crippen molar-refractivity contribution in [3.05, 3.63) is 35.4 Å². The fraction of sp³-hybridized carbons (Fsp3) is 0.625. The van der Waals surface area contributed by atoms with Gasteiger partial charge in [0.15, 0.2) is 0 Å². The summed E-state index contributed by atoms with van der Waals surface area (Å²) in [6.45, 7) is 4.60. The first kappa shape index (κ1) is 13.3. The van der Waals surface area contributed by atoms with Gasteiger partial charge in [-0.3, -0.25) is 0 Å². The van der Waals surface area contributed by atoms with E-state index in [2.05, 4.69) is 38.1 Å². The van der Waals surface area contributed by atoms with Crippen molar-refractivity contribution in [2.24, 2.45) is 5.92 Å². The van der Waals surface area contributed by atoms with Gasteiger partial charge < -0.3 is 0 Å². The highest BCUT2D eigenvalue weighted by Gasteiger charge is 2.19. The molecule has 0 radical (unpaired) electrons. The Kier molecular flexibility index (Phi) is 5.05. The molecule has 1 aromatic rings. The molecule has 0 heterocycles. The smallest absolute Gasteiger partial charge is 0.0162 e. The molecule has 1 aliphatic rings. The van der Waals surface area contributed by atoms with Crippen LogP contribution in [0.1, 0.15) is 64.0 Å². The molecular weight excluding hydrogens is 192 g/mol. The molecule has 0 aromatic heterocycles. The van der Waals surface area contributed by atoms with Crippen LogP contribution in [0.5, 0.6) is 0 Å². The summed E-state index contributed by atoms with van der Waals surface area (Å²) in [5.41, 5.74) is 3.03. The minimum Gasteiger partial charge on any atom is -0.0776 e. The number of hydrogen-bond donors (Lipinski definition) is 0. The number of hydrogen-bond acceptors (Lipinski definition) is 0. The van der Waals surface area contributed by atoms with Crippen LogP contribution in [-0.2, 0) is 6.42 Å². The van der Waals surface area contributed by atoms with Gasteiger partial charge in [-0.1, -0.05) is 58.4 Å². The maximum atomic E-state index is 2.39. The van der Waals surface area contributed by atoms with Crippen LogP contribution in [0, 0.1) is 5.92 Å². The summed E-state index contributed by atoms with van der Waals surface area (Å²) < 4.78 is 0. The van der Waals surface area contributed by atoms with Crippen molar-refractivity contribution in [3.8, 4) is 0 Å². The fourth-order valence-electron chi connectivity index (χ4n) is 2.62. The summed E-state index contributed by atoms with van der Waals surface area (Å²) in [5.74, 6) is 1.79. The fourth-order valence-corrected chi connectivity index (χ4v) is 2.62. The molecule has 90 valence electrons. The average Bonchev–Trinajstić information content (AvgIpc) is 2.30. The molecule has 0 atom stereocenters. The van der Waals surface area contributed by atoms with E-state index in [0.29, 0.717) is 0 Å². The molecule has 0 bridgehead atoms. The first-order valence-electron chi connectivity index (χ1n) is 6.38. The van der Waals surface area contributed by atoms with Crippen LogP contribution in [0.25, 0.3) is 0 Å². The summed E-state index contributed by atoms with van der Waals surface area (Å²) in [7, 11) is 0. The lowest BCUT2D eigenvalue weighted by Gasteiger charge is -2.26. The highest BCUT2D eigenvalue weighted by molar-refractivity contribution is 5.25. The van der Waals surface area contributed by atoms with Gasteiger partial charge in [-0.15, -0.1) is 0 Å². The highest BCUT2D eigenvalue weighted by atomic mass is 14.2. The average molecular weight is 218 g/mol. The van der Waals surface area contributed by atoms with Crippen LogP contribution in [-0.4, -0.2) is 0 Å². The third kappa shape index (κ3) is 3.10. The summed E-state index contributed by atoms with van der Waals surface area (Å²) in [4.78, 5) is 0. The Hall–Kier alpha value is -0.780. The first-order chi connectivity index (χ1) is 7.29. The molecule has 2 rings (SSSR count). The van der Waals surface area contributed by atoms with Gasteiger partial charge in [0.2, 0.25) is 0 Å². The van der Waals surface area contributed by atoms with Gasteiger partial charge in [0, 0.05) is 0 Å². The molecule has 0 amide bonds. The first-order valence-corrected chi connectivity index (χ1v) is 6.38. The van der Waals surface area contributed by atoms with E-state index in [1.165, 1.54) is 31.2 Å². The molecule has 1 saturated carbocycles. The van der Waals surface area contributed by atoms with Gasteiger partial charge in [0.1, 0.15) is 0 Å². The SMILES string of the molecule is C.CCc1ccc(C2CCC(C)CC2)cc1.